The van der Waals surface area contributed by atoms with Crippen molar-refractivity contribution in [1.82, 2.24) is 0 Å². The molecule has 2 aliphatic rings. The third kappa shape index (κ3) is 2.69. The van der Waals surface area contributed by atoms with Gasteiger partial charge in [-0.25, -0.2) is 0 Å². The van der Waals surface area contributed by atoms with Crippen molar-refractivity contribution in [2.75, 3.05) is 18.1 Å². The summed E-state index contributed by atoms with van der Waals surface area (Å²) in [5.74, 6) is 1.94. The molecule has 0 aromatic heterocycles. The van der Waals surface area contributed by atoms with Gasteiger partial charge in [0.05, 0.1) is 12.7 Å². The van der Waals surface area contributed by atoms with Gasteiger partial charge >= 0.3 is 0 Å². The Labute approximate surface area is 117 Å². The highest BCUT2D eigenvalue weighted by Crippen LogP contribution is 2.40. The summed E-state index contributed by atoms with van der Waals surface area (Å²) in [5, 5.41) is 0.773. The van der Waals surface area contributed by atoms with Gasteiger partial charge in [-0.3, -0.25) is 0 Å². The molecule has 0 radical (unpaired) electrons. The van der Waals surface area contributed by atoms with Crippen LogP contribution in [0.15, 0.2) is 24.3 Å². The molecule has 1 atom stereocenters. The van der Waals surface area contributed by atoms with Gasteiger partial charge in [-0.15, -0.1) is 0 Å². The second-order valence-corrected chi connectivity index (χ2v) is 6.48. The number of benzene rings is 1. The standard InChI is InChI=1S/C14H17ClO2S/c15-12-3-1-11(2-4-12)13-5-8-16-14(17-13)6-9-18-10-7-14/h1-4,13H,5-10H2. The van der Waals surface area contributed by atoms with E-state index in [1.54, 1.807) is 0 Å². The van der Waals surface area contributed by atoms with E-state index < -0.39 is 0 Å². The number of rotatable bonds is 1. The number of hydrogen-bond acceptors (Lipinski definition) is 3. The second kappa shape index (κ2) is 5.41. The van der Waals surface area contributed by atoms with E-state index >= 15 is 0 Å². The van der Waals surface area contributed by atoms with E-state index in [-0.39, 0.29) is 11.9 Å². The molecule has 2 aliphatic heterocycles. The summed E-state index contributed by atoms with van der Waals surface area (Å²) in [7, 11) is 0. The minimum absolute atomic E-state index is 0.152. The predicted octanol–water partition coefficient (Wildman–Crippen LogP) is 4.04. The Hall–Kier alpha value is -0.220. The Bertz CT molecular complexity index is 395. The maximum absolute atomic E-state index is 6.26. The predicted molar refractivity (Wildman–Crippen MR) is 75.1 cm³/mol. The highest BCUT2D eigenvalue weighted by atomic mass is 35.5. The fourth-order valence-corrected chi connectivity index (χ4v) is 3.80. The molecule has 0 N–H and O–H groups in total. The zero-order chi connectivity index (χ0) is 12.4. The molecule has 0 amide bonds. The van der Waals surface area contributed by atoms with E-state index in [0.29, 0.717) is 0 Å². The monoisotopic (exact) mass is 284 g/mol. The number of hydrogen-bond donors (Lipinski definition) is 0. The van der Waals surface area contributed by atoms with E-state index in [2.05, 4.69) is 12.1 Å². The van der Waals surface area contributed by atoms with Crippen LogP contribution in [0, 0.1) is 0 Å². The van der Waals surface area contributed by atoms with Crippen LogP contribution in [0.5, 0.6) is 0 Å². The molecule has 1 unspecified atom stereocenters. The summed E-state index contributed by atoms with van der Waals surface area (Å²) in [4.78, 5) is 0. The van der Waals surface area contributed by atoms with Crippen LogP contribution in [0.2, 0.25) is 5.02 Å². The van der Waals surface area contributed by atoms with Gasteiger partial charge in [0, 0.05) is 24.3 Å². The van der Waals surface area contributed by atoms with Crippen LogP contribution in [0.25, 0.3) is 0 Å². The van der Waals surface area contributed by atoms with Crippen molar-refractivity contribution in [3.8, 4) is 0 Å². The number of ether oxygens (including phenoxy) is 2. The molecule has 2 nitrogen and oxygen atoms in total. The lowest BCUT2D eigenvalue weighted by molar-refractivity contribution is -0.298. The molecule has 2 heterocycles. The van der Waals surface area contributed by atoms with Gasteiger partial charge in [0.1, 0.15) is 0 Å². The number of thioether (sulfide) groups is 1. The lowest BCUT2D eigenvalue weighted by Gasteiger charge is -2.43. The van der Waals surface area contributed by atoms with Crippen LogP contribution in [-0.4, -0.2) is 23.9 Å². The molecule has 1 aromatic rings. The first kappa shape index (κ1) is 12.8. The summed E-state index contributed by atoms with van der Waals surface area (Å²) in [5.41, 5.74) is 1.21. The van der Waals surface area contributed by atoms with E-state index in [0.717, 1.165) is 42.4 Å². The fourth-order valence-electron chi connectivity index (χ4n) is 2.56. The smallest absolute Gasteiger partial charge is 0.170 e. The van der Waals surface area contributed by atoms with Gasteiger partial charge in [-0.1, -0.05) is 23.7 Å². The lowest BCUT2D eigenvalue weighted by Crippen LogP contribution is -2.44. The van der Waals surface area contributed by atoms with Crippen molar-refractivity contribution in [3.05, 3.63) is 34.9 Å². The summed E-state index contributed by atoms with van der Waals surface area (Å²) in [6.07, 6.45) is 3.08. The Balaban J connectivity index is 1.75. The molecular formula is C14H17ClO2S. The molecule has 0 saturated carbocycles. The van der Waals surface area contributed by atoms with Crippen molar-refractivity contribution in [3.63, 3.8) is 0 Å². The van der Waals surface area contributed by atoms with Crippen LogP contribution in [-0.2, 0) is 9.47 Å². The fraction of sp³-hybridized carbons (Fsp3) is 0.571. The van der Waals surface area contributed by atoms with Crippen molar-refractivity contribution in [2.45, 2.75) is 31.2 Å². The first-order valence-corrected chi connectivity index (χ1v) is 7.96. The SMILES string of the molecule is Clc1ccc(C2CCOC3(CCSCC3)O2)cc1. The van der Waals surface area contributed by atoms with E-state index in [1.807, 2.05) is 23.9 Å². The van der Waals surface area contributed by atoms with Crippen molar-refractivity contribution < 1.29 is 9.47 Å². The van der Waals surface area contributed by atoms with E-state index in [9.17, 15) is 0 Å². The Morgan fingerprint density at radius 2 is 1.89 bits per heavy atom. The van der Waals surface area contributed by atoms with Crippen LogP contribution in [0.4, 0.5) is 0 Å². The van der Waals surface area contributed by atoms with Gasteiger partial charge in [-0.05, 0) is 29.2 Å². The van der Waals surface area contributed by atoms with Crippen molar-refractivity contribution >= 4 is 23.4 Å². The summed E-state index contributed by atoms with van der Waals surface area (Å²) in [6.45, 7) is 0.790. The third-order valence-corrected chi connectivity index (χ3v) is 4.84. The molecule has 0 bridgehead atoms. The van der Waals surface area contributed by atoms with Gasteiger partial charge in [0.15, 0.2) is 5.79 Å². The van der Waals surface area contributed by atoms with Gasteiger partial charge in [0.2, 0.25) is 0 Å². The van der Waals surface area contributed by atoms with Crippen LogP contribution < -0.4 is 0 Å². The largest absolute Gasteiger partial charge is 0.350 e. The Morgan fingerprint density at radius 3 is 2.61 bits per heavy atom. The van der Waals surface area contributed by atoms with Crippen LogP contribution >= 0.6 is 23.4 Å². The maximum Gasteiger partial charge on any atom is 0.170 e. The minimum atomic E-state index is -0.326. The number of halogens is 1. The van der Waals surface area contributed by atoms with Crippen molar-refractivity contribution in [1.29, 1.82) is 0 Å². The highest BCUT2D eigenvalue weighted by molar-refractivity contribution is 7.99. The Morgan fingerprint density at radius 1 is 1.17 bits per heavy atom. The quantitative estimate of drug-likeness (QED) is 0.775. The molecule has 18 heavy (non-hydrogen) atoms. The van der Waals surface area contributed by atoms with Gasteiger partial charge in [0.25, 0.3) is 0 Å². The van der Waals surface area contributed by atoms with Crippen LogP contribution in [0.1, 0.15) is 30.9 Å². The Kier molecular flexibility index (Phi) is 3.85. The minimum Gasteiger partial charge on any atom is -0.350 e. The summed E-state index contributed by atoms with van der Waals surface area (Å²) < 4.78 is 12.2. The third-order valence-electron chi connectivity index (χ3n) is 3.60. The van der Waals surface area contributed by atoms with Gasteiger partial charge in [-0.2, -0.15) is 11.8 Å². The lowest BCUT2D eigenvalue weighted by atomic mass is 10.0. The van der Waals surface area contributed by atoms with Gasteiger partial charge < -0.3 is 9.47 Å². The molecule has 98 valence electrons. The zero-order valence-electron chi connectivity index (χ0n) is 10.2. The van der Waals surface area contributed by atoms with Crippen LogP contribution in [0.3, 0.4) is 0 Å². The molecule has 1 aromatic carbocycles. The maximum atomic E-state index is 6.26. The summed E-state index contributed by atoms with van der Waals surface area (Å²) >= 11 is 7.91. The molecule has 2 fully saturated rings. The van der Waals surface area contributed by atoms with E-state index in [1.165, 1.54) is 5.56 Å². The molecule has 0 aliphatic carbocycles. The zero-order valence-corrected chi connectivity index (χ0v) is 11.8. The molecule has 3 rings (SSSR count). The molecule has 4 heteroatoms. The second-order valence-electron chi connectivity index (χ2n) is 4.82. The normalized spacial score (nSPS) is 27.3. The summed E-state index contributed by atoms with van der Waals surface area (Å²) in [6, 6.07) is 7.98. The van der Waals surface area contributed by atoms with Crippen molar-refractivity contribution in [2.24, 2.45) is 0 Å². The molecule has 2 saturated heterocycles. The topological polar surface area (TPSA) is 18.5 Å². The first-order valence-electron chi connectivity index (χ1n) is 6.42. The molecule has 1 spiro atoms. The van der Waals surface area contributed by atoms with E-state index in [4.69, 9.17) is 21.1 Å². The molecular weight excluding hydrogens is 268 g/mol. The highest BCUT2D eigenvalue weighted by Gasteiger charge is 2.40. The average Bonchev–Trinajstić information content (AvgIpc) is 2.40. The first-order chi connectivity index (χ1) is 8.77. The average molecular weight is 285 g/mol.